The van der Waals surface area contributed by atoms with E-state index in [9.17, 15) is 4.79 Å². The van der Waals surface area contributed by atoms with Gasteiger partial charge in [0.1, 0.15) is 0 Å². The Bertz CT molecular complexity index is 1270. The van der Waals surface area contributed by atoms with Crippen molar-refractivity contribution in [2.45, 2.75) is 39.3 Å². The minimum atomic E-state index is -0.0407. The molecule has 1 amide bonds. The van der Waals surface area contributed by atoms with Crippen LogP contribution in [0.25, 0.3) is 16.6 Å². The number of carbonyl (C=O) groups excluding carboxylic acids is 1. The second-order valence-corrected chi connectivity index (χ2v) is 8.93. The Morgan fingerprint density at radius 2 is 2.00 bits per heavy atom. The summed E-state index contributed by atoms with van der Waals surface area (Å²) in [6.45, 7) is 6.01. The minimum absolute atomic E-state index is 0.0250. The average molecular weight is 428 g/mol. The van der Waals surface area contributed by atoms with Crippen LogP contribution in [-0.2, 0) is 19.4 Å². The maximum atomic E-state index is 13.0. The van der Waals surface area contributed by atoms with E-state index in [-0.39, 0.29) is 11.9 Å². The first-order valence-corrected chi connectivity index (χ1v) is 11.2. The van der Waals surface area contributed by atoms with Crippen molar-refractivity contribution in [3.63, 3.8) is 0 Å². The third-order valence-electron chi connectivity index (χ3n) is 6.23. The summed E-state index contributed by atoms with van der Waals surface area (Å²) in [5.41, 5.74) is 7.51. The maximum Gasteiger partial charge on any atom is 0.251 e. The molecular weight excluding hydrogens is 398 g/mol. The number of likely N-dealkylation sites (N-methyl/N-ethyl adjacent to an activating group) is 1. The number of benzene rings is 2. The lowest BCUT2D eigenvalue weighted by Crippen LogP contribution is -2.34. The van der Waals surface area contributed by atoms with Gasteiger partial charge in [-0.05, 0) is 62.9 Å². The molecule has 1 unspecified atom stereocenters. The van der Waals surface area contributed by atoms with E-state index in [1.54, 1.807) is 0 Å². The molecule has 1 atom stereocenters. The number of fused-ring (bicyclic) bond motifs is 3. The molecule has 0 aliphatic carbocycles. The maximum absolute atomic E-state index is 13.0. The molecule has 2 aromatic heterocycles. The van der Waals surface area contributed by atoms with Crippen molar-refractivity contribution in [3.8, 4) is 5.69 Å². The molecule has 164 valence electrons. The summed E-state index contributed by atoms with van der Waals surface area (Å²) >= 11 is 0. The third-order valence-corrected chi connectivity index (χ3v) is 6.23. The first kappa shape index (κ1) is 20.5. The number of carbonyl (C=O) groups is 1. The minimum Gasteiger partial charge on any atom is -0.358 e. The Morgan fingerprint density at radius 3 is 2.81 bits per heavy atom. The highest BCUT2D eigenvalue weighted by Crippen LogP contribution is 2.28. The van der Waals surface area contributed by atoms with Crippen LogP contribution < -0.4 is 5.32 Å². The number of nitrogens with zero attached hydrogens (tertiary/aromatic N) is 3. The molecule has 3 heterocycles. The van der Waals surface area contributed by atoms with E-state index >= 15 is 0 Å². The highest BCUT2D eigenvalue weighted by atomic mass is 16.1. The van der Waals surface area contributed by atoms with E-state index in [1.807, 2.05) is 67.1 Å². The van der Waals surface area contributed by atoms with Crippen molar-refractivity contribution in [2.75, 3.05) is 13.6 Å². The van der Waals surface area contributed by atoms with E-state index in [4.69, 9.17) is 0 Å². The highest BCUT2D eigenvalue weighted by molar-refractivity contribution is 5.99. The summed E-state index contributed by atoms with van der Waals surface area (Å²) in [4.78, 5) is 18.9. The number of aromatic amines is 1. The van der Waals surface area contributed by atoms with E-state index in [1.165, 1.54) is 11.3 Å². The summed E-state index contributed by atoms with van der Waals surface area (Å²) in [7, 11) is 2.14. The molecular formula is C26H29N5O. The summed E-state index contributed by atoms with van der Waals surface area (Å²) in [5, 5.41) is 8.98. The average Bonchev–Trinajstić information content (AvgIpc) is 3.33. The monoisotopic (exact) mass is 427 g/mol. The number of rotatable bonds is 5. The van der Waals surface area contributed by atoms with Crippen LogP contribution >= 0.6 is 0 Å². The van der Waals surface area contributed by atoms with Gasteiger partial charge < -0.3 is 15.2 Å². The molecule has 5 rings (SSSR count). The lowest BCUT2D eigenvalue weighted by Gasteiger charge is -2.22. The van der Waals surface area contributed by atoms with E-state index < -0.39 is 0 Å². The van der Waals surface area contributed by atoms with Crippen LogP contribution in [0.15, 0.2) is 54.6 Å². The smallest absolute Gasteiger partial charge is 0.251 e. The number of para-hydroxylation sites is 1. The molecule has 1 aliphatic rings. The van der Waals surface area contributed by atoms with Gasteiger partial charge in [0, 0.05) is 59.8 Å². The lowest BCUT2D eigenvalue weighted by molar-refractivity contribution is 0.0940. The molecule has 6 nitrogen and oxygen atoms in total. The van der Waals surface area contributed by atoms with Crippen LogP contribution in [0.5, 0.6) is 0 Å². The van der Waals surface area contributed by atoms with E-state index in [0.29, 0.717) is 12.0 Å². The molecule has 6 heteroatoms. The van der Waals surface area contributed by atoms with Crippen molar-refractivity contribution in [1.82, 2.24) is 25.0 Å². The number of aromatic nitrogens is 3. The zero-order chi connectivity index (χ0) is 22.2. The number of hydrogen-bond donors (Lipinski definition) is 2. The molecule has 0 radical (unpaired) electrons. The first-order chi connectivity index (χ1) is 15.5. The van der Waals surface area contributed by atoms with Crippen molar-refractivity contribution >= 4 is 16.8 Å². The molecule has 4 aromatic rings. The normalized spacial score (nSPS) is 15.0. The van der Waals surface area contributed by atoms with Gasteiger partial charge in [0.05, 0.1) is 11.4 Å². The Kier molecular flexibility index (Phi) is 5.31. The Hall–Kier alpha value is -3.38. The summed E-state index contributed by atoms with van der Waals surface area (Å²) in [5.74, 6) is -0.0407. The Balaban J connectivity index is 1.34. The van der Waals surface area contributed by atoms with Crippen LogP contribution in [0, 0.1) is 6.92 Å². The van der Waals surface area contributed by atoms with E-state index in [2.05, 4.69) is 33.4 Å². The SMILES string of the molecule is Cc1cc(CC(C)NC(=O)c2ccc3[nH]c4c(c3c2)CN(C)CC4)n(-c2ccccc2)n1. The molecule has 2 aromatic carbocycles. The summed E-state index contributed by atoms with van der Waals surface area (Å²) < 4.78 is 1.96. The third kappa shape index (κ3) is 3.94. The fourth-order valence-corrected chi connectivity index (χ4v) is 4.65. The van der Waals surface area contributed by atoms with Gasteiger partial charge in [0.25, 0.3) is 5.91 Å². The fraction of sp³-hybridized carbons (Fsp3) is 0.308. The highest BCUT2D eigenvalue weighted by Gasteiger charge is 2.20. The van der Waals surface area contributed by atoms with E-state index in [0.717, 1.165) is 47.5 Å². The number of nitrogens with one attached hydrogen (secondary N) is 2. The predicted molar refractivity (Wildman–Crippen MR) is 127 cm³/mol. The van der Waals surface area contributed by atoms with Gasteiger partial charge in [-0.25, -0.2) is 4.68 Å². The zero-order valence-electron chi connectivity index (χ0n) is 18.9. The molecule has 1 aliphatic heterocycles. The van der Waals surface area contributed by atoms with Gasteiger partial charge in [-0.2, -0.15) is 5.10 Å². The van der Waals surface area contributed by atoms with Gasteiger partial charge in [-0.1, -0.05) is 18.2 Å². The second kappa shape index (κ2) is 8.28. The van der Waals surface area contributed by atoms with Crippen LogP contribution in [0.3, 0.4) is 0 Å². The molecule has 0 saturated carbocycles. The molecule has 2 N–H and O–H groups in total. The van der Waals surface area contributed by atoms with Gasteiger partial charge in [0.15, 0.2) is 0 Å². The molecule has 0 fully saturated rings. The predicted octanol–water partition coefficient (Wildman–Crippen LogP) is 4.01. The summed E-state index contributed by atoms with van der Waals surface area (Å²) in [6, 6.07) is 18.1. The summed E-state index contributed by atoms with van der Waals surface area (Å²) in [6.07, 6.45) is 1.72. The number of aryl methyl sites for hydroxylation is 1. The molecule has 0 bridgehead atoms. The Morgan fingerprint density at radius 1 is 1.19 bits per heavy atom. The number of hydrogen-bond acceptors (Lipinski definition) is 3. The molecule has 32 heavy (non-hydrogen) atoms. The number of amides is 1. The van der Waals surface area contributed by atoms with Gasteiger partial charge >= 0.3 is 0 Å². The van der Waals surface area contributed by atoms with Crippen LogP contribution in [-0.4, -0.2) is 45.2 Å². The van der Waals surface area contributed by atoms with Crippen LogP contribution in [0.4, 0.5) is 0 Å². The number of H-pyrrole nitrogens is 1. The molecule has 0 spiro atoms. The van der Waals surface area contributed by atoms with Crippen molar-refractivity contribution in [2.24, 2.45) is 0 Å². The van der Waals surface area contributed by atoms with Crippen LogP contribution in [0.1, 0.15) is 39.9 Å². The topological polar surface area (TPSA) is 66.0 Å². The quantitative estimate of drug-likeness (QED) is 0.506. The largest absolute Gasteiger partial charge is 0.358 e. The van der Waals surface area contributed by atoms with Crippen molar-refractivity contribution in [1.29, 1.82) is 0 Å². The zero-order valence-corrected chi connectivity index (χ0v) is 18.9. The van der Waals surface area contributed by atoms with Gasteiger partial charge in [-0.3, -0.25) is 4.79 Å². The Labute approximate surface area is 188 Å². The van der Waals surface area contributed by atoms with Gasteiger partial charge in [0.2, 0.25) is 0 Å². The molecule has 0 saturated heterocycles. The lowest BCUT2D eigenvalue weighted by atomic mass is 10.0. The standard InChI is InChI=1S/C26H29N5O/c1-17(13-21-14-18(2)29-31(21)20-7-5-4-6-8-20)27-26(32)19-9-10-24-22(15-19)23-16-30(3)12-11-25(23)28-24/h4-10,14-15,17,28H,11-13,16H2,1-3H3,(H,27,32). The van der Waals surface area contributed by atoms with Crippen molar-refractivity contribution < 1.29 is 4.79 Å². The second-order valence-electron chi connectivity index (χ2n) is 8.93. The van der Waals surface area contributed by atoms with Gasteiger partial charge in [-0.15, -0.1) is 0 Å². The van der Waals surface area contributed by atoms with Crippen molar-refractivity contribution in [3.05, 3.63) is 82.8 Å². The fourth-order valence-electron chi connectivity index (χ4n) is 4.65. The van der Waals surface area contributed by atoms with Crippen LogP contribution in [0.2, 0.25) is 0 Å². The first-order valence-electron chi connectivity index (χ1n) is 11.2.